The van der Waals surface area contributed by atoms with Gasteiger partial charge in [-0.25, -0.2) is 8.42 Å². The van der Waals surface area contributed by atoms with E-state index < -0.39 is 15.9 Å². The van der Waals surface area contributed by atoms with Crippen LogP contribution >= 0.6 is 11.3 Å². The van der Waals surface area contributed by atoms with Crippen molar-refractivity contribution in [2.75, 3.05) is 17.6 Å². The van der Waals surface area contributed by atoms with Gasteiger partial charge in [0.2, 0.25) is 6.79 Å². The zero-order valence-corrected chi connectivity index (χ0v) is 20.4. The third-order valence-corrected chi connectivity index (χ3v) is 9.09. The molecule has 0 bridgehead atoms. The molecule has 0 saturated heterocycles. The van der Waals surface area contributed by atoms with E-state index >= 15 is 0 Å². The molecule has 0 spiro atoms. The van der Waals surface area contributed by atoms with E-state index in [9.17, 15) is 13.2 Å². The highest BCUT2D eigenvalue weighted by Gasteiger charge is 2.30. The molecule has 178 valence electrons. The summed E-state index contributed by atoms with van der Waals surface area (Å²) in [6, 6.07) is 17.3. The molecule has 8 nitrogen and oxygen atoms in total. The van der Waals surface area contributed by atoms with Crippen LogP contribution in [-0.4, -0.2) is 32.2 Å². The largest absolute Gasteiger partial charge is 0.454 e. The number of fused-ring (bicyclic) bond motifs is 3. The molecule has 0 N–H and O–H groups in total. The molecule has 1 aromatic heterocycles. The van der Waals surface area contributed by atoms with Crippen molar-refractivity contribution in [1.29, 1.82) is 0 Å². The number of amides is 1. The maximum atomic E-state index is 13.2. The summed E-state index contributed by atoms with van der Waals surface area (Å²) < 4.78 is 41.7. The number of nitrogens with zero attached hydrogens (tertiary/aromatic N) is 3. The lowest BCUT2D eigenvalue weighted by Gasteiger charge is -2.19. The van der Waals surface area contributed by atoms with Crippen LogP contribution in [0.2, 0.25) is 0 Å². The van der Waals surface area contributed by atoms with Gasteiger partial charge in [0.25, 0.3) is 15.9 Å². The van der Waals surface area contributed by atoms with Gasteiger partial charge in [0, 0.05) is 30.8 Å². The molecule has 0 unspecified atom stereocenters. The highest BCUT2D eigenvalue weighted by atomic mass is 32.2. The standard InChI is InChI=1S/C25H21N3O5S2/c1-2-27-20-13-21-22(33-15-32-21)14-23(20)34-25(27)26-24(29)17-7-9-18(10-8-17)35(30,31)28-12-11-16-5-3-4-6-19(16)28/h3-10,13-14H,2,11-12,15H2,1H3. The SMILES string of the molecule is CCn1c(=NC(=O)c2ccc(S(=O)(=O)N3CCc4ccccc43)cc2)sc2cc3c(cc21)OCO3. The summed E-state index contributed by atoms with van der Waals surface area (Å²) >= 11 is 1.39. The smallest absolute Gasteiger partial charge is 0.279 e. The number of hydrogen-bond acceptors (Lipinski definition) is 6. The normalized spacial score (nSPS) is 15.1. The van der Waals surface area contributed by atoms with Crippen LogP contribution in [0.4, 0.5) is 5.69 Å². The molecular weight excluding hydrogens is 486 g/mol. The Balaban J connectivity index is 1.31. The molecule has 4 aromatic rings. The first-order valence-corrected chi connectivity index (χ1v) is 13.4. The van der Waals surface area contributed by atoms with E-state index in [0.717, 1.165) is 15.8 Å². The minimum absolute atomic E-state index is 0.144. The van der Waals surface area contributed by atoms with Crippen molar-refractivity contribution < 1.29 is 22.7 Å². The molecule has 1 amide bonds. The topological polar surface area (TPSA) is 90.2 Å². The van der Waals surface area contributed by atoms with Crippen LogP contribution in [0.5, 0.6) is 11.5 Å². The highest BCUT2D eigenvalue weighted by molar-refractivity contribution is 7.92. The van der Waals surface area contributed by atoms with Crippen molar-refractivity contribution in [3.05, 3.63) is 76.6 Å². The van der Waals surface area contributed by atoms with E-state index in [4.69, 9.17) is 9.47 Å². The van der Waals surface area contributed by atoms with E-state index in [1.807, 2.05) is 47.9 Å². The van der Waals surface area contributed by atoms with Gasteiger partial charge in [-0.05, 0) is 49.2 Å². The van der Waals surface area contributed by atoms with E-state index in [1.165, 1.54) is 39.9 Å². The zero-order chi connectivity index (χ0) is 24.2. The quantitative estimate of drug-likeness (QED) is 0.417. The Kier molecular flexibility index (Phi) is 5.15. The molecule has 3 heterocycles. The molecule has 6 rings (SSSR count). The van der Waals surface area contributed by atoms with E-state index in [1.54, 1.807) is 0 Å². The number of carbonyl (C=O) groups excluding carboxylic acids is 1. The summed E-state index contributed by atoms with van der Waals surface area (Å²) in [7, 11) is -3.72. The third-order valence-electron chi connectivity index (χ3n) is 6.22. The summed E-state index contributed by atoms with van der Waals surface area (Å²) in [5.41, 5.74) is 2.96. The van der Waals surface area contributed by atoms with Crippen LogP contribution in [0.1, 0.15) is 22.8 Å². The second-order valence-electron chi connectivity index (χ2n) is 8.20. The van der Waals surface area contributed by atoms with E-state index in [0.29, 0.717) is 47.1 Å². The zero-order valence-electron chi connectivity index (χ0n) is 18.8. The molecule has 0 radical (unpaired) electrons. The summed E-state index contributed by atoms with van der Waals surface area (Å²) in [4.78, 5) is 18.0. The molecule has 2 aliphatic heterocycles. The molecule has 3 aromatic carbocycles. The molecule has 10 heteroatoms. The number of aryl methyl sites for hydroxylation is 1. The van der Waals surface area contributed by atoms with Crippen LogP contribution in [0.3, 0.4) is 0 Å². The average molecular weight is 508 g/mol. The van der Waals surface area contributed by atoms with E-state index in [2.05, 4.69) is 4.99 Å². The summed E-state index contributed by atoms with van der Waals surface area (Å²) in [5, 5.41) is 0. The summed E-state index contributed by atoms with van der Waals surface area (Å²) in [5.74, 6) is 0.916. The first-order chi connectivity index (χ1) is 17.0. The molecule has 0 fully saturated rings. The van der Waals surface area contributed by atoms with Gasteiger partial charge in [0.05, 0.1) is 20.8 Å². The van der Waals surface area contributed by atoms with Crippen molar-refractivity contribution in [1.82, 2.24) is 4.57 Å². The van der Waals surface area contributed by atoms with Crippen molar-refractivity contribution >= 4 is 43.2 Å². The van der Waals surface area contributed by atoms with Crippen LogP contribution in [0.15, 0.2) is 70.6 Å². The minimum atomic E-state index is -3.72. The van der Waals surface area contributed by atoms with Crippen molar-refractivity contribution in [2.45, 2.75) is 24.8 Å². The monoisotopic (exact) mass is 507 g/mol. The molecule has 2 aliphatic rings. The number of carbonyl (C=O) groups is 1. The number of rotatable bonds is 4. The second-order valence-corrected chi connectivity index (χ2v) is 11.1. The molecule has 0 aliphatic carbocycles. The number of thiazole rings is 1. The Morgan fingerprint density at radius 3 is 2.57 bits per heavy atom. The molecule has 35 heavy (non-hydrogen) atoms. The first-order valence-electron chi connectivity index (χ1n) is 11.2. The van der Waals surface area contributed by atoms with Gasteiger partial charge in [0.1, 0.15) is 0 Å². The van der Waals surface area contributed by atoms with Gasteiger partial charge in [-0.15, -0.1) is 0 Å². The fourth-order valence-electron chi connectivity index (χ4n) is 4.46. The number of hydrogen-bond donors (Lipinski definition) is 0. The lowest BCUT2D eigenvalue weighted by molar-refractivity contribution is 0.0997. The van der Waals surface area contributed by atoms with Crippen molar-refractivity contribution in [2.24, 2.45) is 4.99 Å². The minimum Gasteiger partial charge on any atom is -0.454 e. The molecular formula is C25H21N3O5S2. The van der Waals surface area contributed by atoms with Gasteiger partial charge in [-0.3, -0.25) is 9.10 Å². The summed E-state index contributed by atoms with van der Waals surface area (Å²) in [6.45, 7) is 3.21. The Morgan fingerprint density at radius 1 is 1.06 bits per heavy atom. The van der Waals surface area contributed by atoms with Crippen LogP contribution in [0, 0.1) is 0 Å². The number of benzene rings is 3. The second kappa shape index (κ2) is 8.24. The van der Waals surface area contributed by atoms with Crippen LogP contribution in [0.25, 0.3) is 10.2 Å². The number of ether oxygens (including phenoxy) is 2. The average Bonchev–Trinajstić information content (AvgIpc) is 3.58. The van der Waals surface area contributed by atoms with Gasteiger partial charge < -0.3 is 14.0 Å². The Labute approximate surface area is 205 Å². The fourth-order valence-corrected chi connectivity index (χ4v) is 7.06. The van der Waals surface area contributed by atoms with Crippen LogP contribution in [-0.2, 0) is 23.0 Å². The fraction of sp³-hybridized carbons (Fsp3) is 0.200. The lowest BCUT2D eigenvalue weighted by Crippen LogP contribution is -2.29. The Morgan fingerprint density at radius 2 is 1.80 bits per heavy atom. The molecule has 0 saturated carbocycles. The predicted octanol–water partition coefficient (Wildman–Crippen LogP) is 3.94. The van der Waals surface area contributed by atoms with Gasteiger partial charge >= 0.3 is 0 Å². The Hall–Kier alpha value is -3.63. The highest BCUT2D eigenvalue weighted by Crippen LogP contribution is 2.37. The van der Waals surface area contributed by atoms with Gasteiger partial charge in [-0.2, -0.15) is 4.99 Å². The number of aromatic nitrogens is 1. The maximum absolute atomic E-state index is 13.2. The first kappa shape index (κ1) is 21.9. The maximum Gasteiger partial charge on any atom is 0.279 e. The van der Waals surface area contributed by atoms with Gasteiger partial charge in [-0.1, -0.05) is 29.5 Å². The van der Waals surface area contributed by atoms with Gasteiger partial charge in [0.15, 0.2) is 16.3 Å². The van der Waals surface area contributed by atoms with Crippen molar-refractivity contribution in [3.8, 4) is 11.5 Å². The Bertz CT molecular complexity index is 1650. The third kappa shape index (κ3) is 3.60. The van der Waals surface area contributed by atoms with Crippen molar-refractivity contribution in [3.63, 3.8) is 0 Å². The number of para-hydroxylation sites is 1. The van der Waals surface area contributed by atoms with Crippen LogP contribution < -0.4 is 18.6 Å². The molecule has 0 atom stereocenters. The number of anilines is 1. The lowest BCUT2D eigenvalue weighted by atomic mass is 10.2. The predicted molar refractivity (Wildman–Crippen MR) is 133 cm³/mol. The number of sulfonamides is 1. The summed E-state index contributed by atoms with van der Waals surface area (Å²) in [6.07, 6.45) is 0.679. The van der Waals surface area contributed by atoms with E-state index in [-0.39, 0.29) is 11.7 Å².